The van der Waals surface area contributed by atoms with E-state index in [9.17, 15) is 5.11 Å². The molecule has 0 aliphatic carbocycles. The Balaban J connectivity index is 1.71. The Hall–Kier alpha value is -3.56. The molecule has 1 aliphatic heterocycles. The second kappa shape index (κ2) is 10.6. The Morgan fingerprint density at radius 2 is 1.94 bits per heavy atom. The number of benzene rings is 2. The zero-order valence-electron chi connectivity index (χ0n) is 19.6. The van der Waals surface area contributed by atoms with E-state index in [0.717, 1.165) is 36.1 Å². The molecule has 0 fully saturated rings. The molecule has 0 spiro atoms. The molecule has 0 bridgehead atoms. The molecule has 3 aromatic rings. The number of anilines is 3. The number of hydrogen-bond acceptors (Lipinski definition) is 8. The van der Waals surface area contributed by atoms with Gasteiger partial charge in [-0.05, 0) is 48.1 Å². The van der Waals surface area contributed by atoms with Gasteiger partial charge < -0.3 is 26.0 Å². The zero-order valence-corrected chi connectivity index (χ0v) is 19.6. The molecule has 1 aliphatic rings. The van der Waals surface area contributed by atoms with Crippen LogP contribution >= 0.6 is 0 Å². The third kappa shape index (κ3) is 5.00. The number of aliphatic hydroxyl groups is 1. The lowest BCUT2D eigenvalue weighted by Crippen LogP contribution is -2.39. The van der Waals surface area contributed by atoms with Crippen molar-refractivity contribution in [3.8, 4) is 11.5 Å². The van der Waals surface area contributed by atoms with Crippen LogP contribution in [0.25, 0.3) is 0 Å². The van der Waals surface area contributed by atoms with Crippen molar-refractivity contribution >= 4 is 17.5 Å². The summed E-state index contributed by atoms with van der Waals surface area (Å²) in [6.45, 7) is 0.798. The third-order valence-electron chi connectivity index (χ3n) is 6.01. The Morgan fingerprint density at radius 1 is 1.12 bits per heavy atom. The molecule has 1 atom stereocenters. The number of hydrogen-bond donors (Lipinski definition) is 3. The first-order valence-electron chi connectivity index (χ1n) is 11.3. The predicted molar refractivity (Wildman–Crippen MR) is 132 cm³/mol. The quantitative estimate of drug-likeness (QED) is 0.412. The summed E-state index contributed by atoms with van der Waals surface area (Å²) in [5.74, 6) is 1.72. The number of nitrogen functional groups attached to an aromatic ring is 2. The van der Waals surface area contributed by atoms with Gasteiger partial charge in [-0.1, -0.05) is 24.3 Å². The standard InChI is InChI=1S/C25H31N6O3/c1-33-22-13-16(11-18-14-28-25(27)29-24(18)26)12-21(23(22)34-2)31-15-17-7-3-4-8-19(17)20(30-31)9-5-6-10-32/h3-4,7-8,12-14,20,32H,5-6,9-11,15H2,1-2H3,(H4,26,27,28,29)/t20-/m0/s1. The zero-order chi connectivity index (χ0) is 24.1. The van der Waals surface area contributed by atoms with Crippen molar-refractivity contribution in [2.75, 3.05) is 37.3 Å². The van der Waals surface area contributed by atoms with Crippen LogP contribution in [0.3, 0.4) is 0 Å². The molecule has 1 aromatic heterocycles. The van der Waals surface area contributed by atoms with E-state index < -0.39 is 0 Å². The van der Waals surface area contributed by atoms with Crippen LogP contribution in [0, 0.1) is 0 Å². The molecule has 9 heteroatoms. The maximum Gasteiger partial charge on any atom is 0.221 e. The minimum absolute atomic E-state index is 0.00278. The van der Waals surface area contributed by atoms with Gasteiger partial charge in [-0.25, -0.2) is 4.98 Å². The minimum Gasteiger partial charge on any atom is -0.493 e. The average Bonchev–Trinajstić information content (AvgIpc) is 2.85. The molecule has 34 heavy (non-hydrogen) atoms. The monoisotopic (exact) mass is 463 g/mol. The summed E-state index contributed by atoms with van der Waals surface area (Å²) < 4.78 is 11.4. The number of rotatable bonds is 9. The molecular formula is C25H31N6O3. The SMILES string of the molecule is COc1cc(Cc2cnc(N)nc2N)cc(N2Cc3ccccc3[C@H](CCCCO)[N]2)c1OC. The summed E-state index contributed by atoms with van der Waals surface area (Å²) >= 11 is 0. The lowest BCUT2D eigenvalue weighted by Gasteiger charge is -2.36. The van der Waals surface area contributed by atoms with Crippen molar-refractivity contribution in [2.45, 2.75) is 38.3 Å². The van der Waals surface area contributed by atoms with Crippen LogP contribution in [0.2, 0.25) is 0 Å². The van der Waals surface area contributed by atoms with Gasteiger partial charge in [0.1, 0.15) is 11.5 Å². The number of ether oxygens (including phenoxy) is 2. The fraction of sp³-hybridized carbons (Fsp3) is 0.360. The van der Waals surface area contributed by atoms with Gasteiger partial charge in [-0.2, -0.15) is 4.98 Å². The average molecular weight is 464 g/mol. The molecule has 9 nitrogen and oxygen atoms in total. The lowest BCUT2D eigenvalue weighted by atomic mass is 9.94. The summed E-state index contributed by atoms with van der Waals surface area (Å²) in [5, 5.41) is 11.2. The lowest BCUT2D eigenvalue weighted by molar-refractivity contribution is 0.277. The minimum atomic E-state index is -0.00278. The largest absolute Gasteiger partial charge is 0.493 e. The highest BCUT2D eigenvalue weighted by molar-refractivity contribution is 5.67. The van der Waals surface area contributed by atoms with E-state index in [1.165, 1.54) is 11.1 Å². The second-order valence-corrected chi connectivity index (χ2v) is 8.27. The van der Waals surface area contributed by atoms with E-state index in [-0.39, 0.29) is 18.6 Å². The van der Waals surface area contributed by atoms with Crippen molar-refractivity contribution in [3.05, 3.63) is 64.8 Å². The van der Waals surface area contributed by atoms with Gasteiger partial charge in [-0.15, -0.1) is 5.43 Å². The Bertz CT molecular complexity index is 1140. The van der Waals surface area contributed by atoms with Gasteiger partial charge in [0, 0.05) is 24.8 Å². The van der Waals surface area contributed by atoms with Crippen molar-refractivity contribution < 1.29 is 14.6 Å². The summed E-state index contributed by atoms with van der Waals surface area (Å²) in [6.07, 6.45) is 4.65. The highest BCUT2D eigenvalue weighted by Gasteiger charge is 2.29. The molecule has 5 N–H and O–H groups in total. The number of methoxy groups -OCH3 is 2. The van der Waals surface area contributed by atoms with Crippen LogP contribution < -0.4 is 31.4 Å². The van der Waals surface area contributed by atoms with Crippen molar-refractivity contribution in [3.63, 3.8) is 0 Å². The normalized spacial score (nSPS) is 15.1. The van der Waals surface area contributed by atoms with Gasteiger partial charge in [0.05, 0.1) is 26.8 Å². The number of nitrogens with zero attached hydrogens (tertiary/aromatic N) is 4. The summed E-state index contributed by atoms with van der Waals surface area (Å²) in [4.78, 5) is 8.15. The molecule has 2 heterocycles. The first kappa shape index (κ1) is 23.6. The Morgan fingerprint density at radius 3 is 2.68 bits per heavy atom. The number of nitrogens with two attached hydrogens (primary N) is 2. The fourth-order valence-electron chi connectivity index (χ4n) is 4.33. The van der Waals surface area contributed by atoms with Gasteiger partial charge >= 0.3 is 0 Å². The van der Waals surface area contributed by atoms with E-state index in [1.54, 1.807) is 20.4 Å². The number of unbranched alkanes of at least 4 members (excludes halogenated alkanes) is 1. The van der Waals surface area contributed by atoms with E-state index in [2.05, 4.69) is 22.1 Å². The molecule has 0 amide bonds. The molecular weight excluding hydrogens is 432 g/mol. The Labute approximate surface area is 199 Å². The summed E-state index contributed by atoms with van der Waals surface area (Å²) in [5.41, 5.74) is 21.8. The molecule has 0 saturated heterocycles. The van der Waals surface area contributed by atoms with Crippen molar-refractivity contribution in [1.82, 2.24) is 15.4 Å². The van der Waals surface area contributed by atoms with Crippen molar-refractivity contribution in [1.29, 1.82) is 0 Å². The molecule has 1 radical (unpaired) electrons. The molecule has 4 rings (SSSR count). The highest BCUT2D eigenvalue weighted by Crippen LogP contribution is 2.42. The van der Waals surface area contributed by atoms with Crippen LogP contribution in [0.15, 0.2) is 42.6 Å². The highest BCUT2D eigenvalue weighted by atomic mass is 16.5. The van der Waals surface area contributed by atoms with Crippen LogP contribution in [-0.4, -0.2) is 35.9 Å². The number of aliphatic hydroxyl groups excluding tert-OH is 1. The second-order valence-electron chi connectivity index (χ2n) is 8.27. The fourth-order valence-corrected chi connectivity index (χ4v) is 4.33. The van der Waals surface area contributed by atoms with Crippen molar-refractivity contribution in [2.24, 2.45) is 0 Å². The van der Waals surface area contributed by atoms with Gasteiger partial charge in [0.25, 0.3) is 0 Å². The van der Waals surface area contributed by atoms with Crippen LogP contribution in [0.5, 0.6) is 11.5 Å². The predicted octanol–water partition coefficient (Wildman–Crippen LogP) is 2.99. The van der Waals surface area contributed by atoms with E-state index >= 15 is 0 Å². The van der Waals surface area contributed by atoms with Gasteiger partial charge in [0.15, 0.2) is 11.5 Å². The van der Waals surface area contributed by atoms with Crippen LogP contribution in [0.4, 0.5) is 17.5 Å². The first-order valence-corrected chi connectivity index (χ1v) is 11.3. The Kier molecular flexibility index (Phi) is 7.34. The first-order chi connectivity index (χ1) is 16.5. The van der Waals surface area contributed by atoms with Crippen LogP contribution in [-0.2, 0) is 13.0 Å². The van der Waals surface area contributed by atoms with E-state index in [1.807, 2.05) is 29.3 Å². The van der Waals surface area contributed by atoms with E-state index in [4.69, 9.17) is 26.4 Å². The summed E-state index contributed by atoms with van der Waals surface area (Å²) in [6, 6.07) is 12.3. The smallest absolute Gasteiger partial charge is 0.221 e. The molecule has 0 unspecified atom stereocenters. The summed E-state index contributed by atoms with van der Waals surface area (Å²) in [7, 11) is 3.25. The molecule has 179 valence electrons. The maximum absolute atomic E-state index is 9.24. The number of aromatic nitrogens is 2. The third-order valence-corrected chi connectivity index (χ3v) is 6.01. The van der Waals surface area contributed by atoms with Crippen LogP contribution in [0.1, 0.15) is 47.6 Å². The molecule has 2 aromatic carbocycles. The maximum atomic E-state index is 9.24. The van der Waals surface area contributed by atoms with Gasteiger partial charge in [-0.3, -0.25) is 5.01 Å². The molecule has 0 saturated carbocycles. The number of fused-ring (bicyclic) bond motifs is 1. The van der Waals surface area contributed by atoms with E-state index in [0.29, 0.717) is 30.3 Å². The topological polar surface area (TPSA) is 134 Å². The van der Waals surface area contributed by atoms with Gasteiger partial charge in [0.2, 0.25) is 5.95 Å².